The molecule has 2 heteroatoms. The molecule has 1 aromatic rings. The third kappa shape index (κ3) is 2.51. The Bertz CT molecular complexity index is 284. The maximum Gasteiger partial charge on any atom is 0.130 e. The third-order valence-corrected chi connectivity index (χ3v) is 2.89. The first-order valence-electron chi connectivity index (χ1n) is 5.85. The molecule has 1 fully saturated rings. The molecule has 1 unspecified atom stereocenters. The van der Waals surface area contributed by atoms with Gasteiger partial charge in [-0.2, -0.15) is 0 Å². The molecule has 0 N–H and O–H groups in total. The maximum atomic E-state index is 5.78. The van der Waals surface area contributed by atoms with Crippen LogP contribution in [0.1, 0.15) is 26.2 Å². The summed E-state index contributed by atoms with van der Waals surface area (Å²) in [7, 11) is 0. The van der Waals surface area contributed by atoms with E-state index < -0.39 is 0 Å². The fourth-order valence-corrected chi connectivity index (χ4v) is 2.18. The summed E-state index contributed by atoms with van der Waals surface area (Å²) in [5.74, 6) is 0. The lowest BCUT2D eigenvalue weighted by Crippen LogP contribution is -2.41. The highest BCUT2D eigenvalue weighted by Gasteiger charge is 2.22. The second-order valence-electron chi connectivity index (χ2n) is 3.93. The smallest absolute Gasteiger partial charge is 0.130 e. The van der Waals surface area contributed by atoms with Crippen LogP contribution in [0.3, 0.4) is 0 Å². The second-order valence-corrected chi connectivity index (χ2v) is 3.93. The molecule has 0 bridgehead atoms. The van der Waals surface area contributed by atoms with Crippen molar-refractivity contribution in [3.63, 3.8) is 0 Å². The number of para-hydroxylation sites is 1. The number of piperidine rings is 1. The molecular weight excluding hydrogens is 186 g/mol. The van der Waals surface area contributed by atoms with Gasteiger partial charge in [-0.05, 0) is 38.3 Å². The van der Waals surface area contributed by atoms with Crippen LogP contribution < -0.4 is 4.90 Å². The Morgan fingerprint density at radius 3 is 2.80 bits per heavy atom. The molecule has 0 saturated carbocycles. The zero-order valence-corrected chi connectivity index (χ0v) is 9.36. The molecule has 1 saturated heterocycles. The molecule has 15 heavy (non-hydrogen) atoms. The number of nitrogens with zero attached hydrogens (tertiary/aromatic N) is 1. The van der Waals surface area contributed by atoms with Gasteiger partial charge >= 0.3 is 0 Å². The molecule has 1 aromatic carbocycles. The second kappa shape index (κ2) is 5.17. The Kier molecular flexibility index (Phi) is 3.62. The topological polar surface area (TPSA) is 12.5 Å². The summed E-state index contributed by atoms with van der Waals surface area (Å²) in [6, 6.07) is 10.6. The zero-order chi connectivity index (χ0) is 10.5. The molecule has 2 nitrogen and oxygen atoms in total. The van der Waals surface area contributed by atoms with Crippen molar-refractivity contribution >= 4 is 5.69 Å². The van der Waals surface area contributed by atoms with Gasteiger partial charge in [-0.15, -0.1) is 0 Å². The maximum absolute atomic E-state index is 5.78. The Balaban J connectivity index is 2.11. The lowest BCUT2D eigenvalue weighted by atomic mass is 10.1. The molecule has 0 aromatic heterocycles. The minimum atomic E-state index is 0.283. The molecule has 1 heterocycles. The number of rotatable bonds is 3. The quantitative estimate of drug-likeness (QED) is 0.752. The first-order chi connectivity index (χ1) is 7.42. The van der Waals surface area contributed by atoms with Gasteiger partial charge in [0.25, 0.3) is 0 Å². The van der Waals surface area contributed by atoms with Gasteiger partial charge in [0.2, 0.25) is 0 Å². The van der Waals surface area contributed by atoms with E-state index in [4.69, 9.17) is 4.74 Å². The van der Waals surface area contributed by atoms with Crippen molar-refractivity contribution in [2.45, 2.75) is 32.4 Å². The number of hydrogen-bond donors (Lipinski definition) is 0. The Labute approximate surface area is 91.9 Å². The van der Waals surface area contributed by atoms with E-state index in [0.717, 1.165) is 19.6 Å². The van der Waals surface area contributed by atoms with E-state index in [1.165, 1.54) is 18.5 Å². The van der Waals surface area contributed by atoms with E-state index in [2.05, 4.69) is 42.2 Å². The summed E-state index contributed by atoms with van der Waals surface area (Å²) < 4.78 is 5.78. The molecule has 2 rings (SSSR count). The van der Waals surface area contributed by atoms with E-state index in [-0.39, 0.29) is 6.23 Å². The molecule has 1 atom stereocenters. The molecule has 0 radical (unpaired) electrons. The van der Waals surface area contributed by atoms with E-state index in [1.54, 1.807) is 0 Å². The third-order valence-electron chi connectivity index (χ3n) is 2.89. The number of ether oxygens (including phenoxy) is 1. The van der Waals surface area contributed by atoms with Gasteiger partial charge in [0.1, 0.15) is 6.23 Å². The van der Waals surface area contributed by atoms with Crippen molar-refractivity contribution in [1.82, 2.24) is 0 Å². The standard InChI is InChI=1S/C13H19NO/c1-2-15-13-10-6-7-11-14(13)12-8-4-3-5-9-12/h3-5,8-9,13H,2,6-7,10-11H2,1H3. The first kappa shape index (κ1) is 10.5. The molecule has 0 amide bonds. The molecule has 0 aliphatic carbocycles. The number of anilines is 1. The summed E-state index contributed by atoms with van der Waals surface area (Å²) in [4.78, 5) is 2.38. The summed E-state index contributed by atoms with van der Waals surface area (Å²) in [6.45, 7) is 3.99. The van der Waals surface area contributed by atoms with Gasteiger partial charge in [0.05, 0.1) is 0 Å². The van der Waals surface area contributed by atoms with Crippen LogP contribution in [-0.4, -0.2) is 19.4 Å². The van der Waals surface area contributed by atoms with Crippen molar-refractivity contribution in [3.05, 3.63) is 30.3 Å². The number of hydrogen-bond acceptors (Lipinski definition) is 2. The first-order valence-corrected chi connectivity index (χ1v) is 5.85. The van der Waals surface area contributed by atoms with E-state index >= 15 is 0 Å². The van der Waals surface area contributed by atoms with Gasteiger partial charge in [-0.3, -0.25) is 0 Å². The fourth-order valence-electron chi connectivity index (χ4n) is 2.18. The predicted octanol–water partition coefficient (Wildman–Crippen LogP) is 3.04. The van der Waals surface area contributed by atoms with Gasteiger partial charge in [-0.25, -0.2) is 0 Å². The largest absolute Gasteiger partial charge is 0.359 e. The van der Waals surface area contributed by atoms with Crippen molar-refractivity contribution in [3.8, 4) is 0 Å². The van der Waals surface area contributed by atoms with E-state index in [0.29, 0.717) is 0 Å². The summed E-state index contributed by atoms with van der Waals surface area (Å²) >= 11 is 0. The van der Waals surface area contributed by atoms with Crippen molar-refractivity contribution in [2.75, 3.05) is 18.1 Å². The predicted molar refractivity (Wildman–Crippen MR) is 63.1 cm³/mol. The van der Waals surface area contributed by atoms with E-state index in [9.17, 15) is 0 Å². The van der Waals surface area contributed by atoms with Crippen LogP contribution in [0.5, 0.6) is 0 Å². The van der Waals surface area contributed by atoms with Crippen molar-refractivity contribution in [2.24, 2.45) is 0 Å². The lowest BCUT2D eigenvalue weighted by Gasteiger charge is -2.37. The minimum Gasteiger partial charge on any atom is -0.359 e. The Morgan fingerprint density at radius 1 is 1.27 bits per heavy atom. The lowest BCUT2D eigenvalue weighted by molar-refractivity contribution is 0.0433. The fraction of sp³-hybridized carbons (Fsp3) is 0.538. The molecule has 82 valence electrons. The average molecular weight is 205 g/mol. The van der Waals surface area contributed by atoms with Crippen LogP contribution in [0.4, 0.5) is 5.69 Å². The summed E-state index contributed by atoms with van der Waals surface area (Å²) in [6.07, 6.45) is 4.00. The van der Waals surface area contributed by atoms with Crippen molar-refractivity contribution in [1.29, 1.82) is 0 Å². The van der Waals surface area contributed by atoms with Crippen LogP contribution in [0.15, 0.2) is 30.3 Å². The highest BCUT2D eigenvalue weighted by Crippen LogP contribution is 2.24. The Morgan fingerprint density at radius 2 is 2.07 bits per heavy atom. The van der Waals surface area contributed by atoms with Crippen molar-refractivity contribution < 1.29 is 4.74 Å². The molecular formula is C13H19NO. The van der Waals surface area contributed by atoms with Crippen LogP contribution in [0, 0.1) is 0 Å². The number of benzene rings is 1. The highest BCUT2D eigenvalue weighted by atomic mass is 16.5. The molecule has 1 aliphatic heterocycles. The van der Waals surface area contributed by atoms with Crippen LogP contribution in [-0.2, 0) is 4.74 Å². The Hall–Kier alpha value is -1.02. The summed E-state index contributed by atoms with van der Waals surface area (Å²) in [5, 5.41) is 0. The minimum absolute atomic E-state index is 0.283. The van der Waals surface area contributed by atoms with Gasteiger partial charge in [0.15, 0.2) is 0 Å². The van der Waals surface area contributed by atoms with Gasteiger partial charge in [0, 0.05) is 18.8 Å². The zero-order valence-electron chi connectivity index (χ0n) is 9.36. The highest BCUT2D eigenvalue weighted by molar-refractivity contribution is 5.46. The average Bonchev–Trinajstić information content (AvgIpc) is 2.31. The van der Waals surface area contributed by atoms with Gasteiger partial charge in [-0.1, -0.05) is 18.2 Å². The molecule has 1 aliphatic rings. The van der Waals surface area contributed by atoms with Crippen LogP contribution >= 0.6 is 0 Å². The molecule has 0 spiro atoms. The van der Waals surface area contributed by atoms with Crippen LogP contribution in [0.25, 0.3) is 0 Å². The normalized spacial score (nSPS) is 21.7. The SMILES string of the molecule is CCOC1CCCCN1c1ccccc1. The van der Waals surface area contributed by atoms with Gasteiger partial charge < -0.3 is 9.64 Å². The van der Waals surface area contributed by atoms with E-state index in [1.807, 2.05) is 0 Å². The summed E-state index contributed by atoms with van der Waals surface area (Å²) in [5.41, 5.74) is 1.29. The van der Waals surface area contributed by atoms with Crippen LogP contribution in [0.2, 0.25) is 0 Å². The monoisotopic (exact) mass is 205 g/mol.